The molecule has 1 aromatic rings. The molecule has 0 unspecified atom stereocenters. The van der Waals surface area contributed by atoms with Crippen LogP contribution in [-0.4, -0.2) is 21.4 Å². The van der Waals surface area contributed by atoms with Crippen LogP contribution in [0.3, 0.4) is 0 Å². The molecule has 1 saturated carbocycles. The summed E-state index contributed by atoms with van der Waals surface area (Å²) in [6, 6.07) is 0. The van der Waals surface area contributed by atoms with Gasteiger partial charge in [-0.2, -0.15) is 0 Å². The van der Waals surface area contributed by atoms with Crippen molar-refractivity contribution in [2.75, 3.05) is 0 Å². The van der Waals surface area contributed by atoms with Crippen LogP contribution in [0.1, 0.15) is 54.7 Å². The number of nitrogens with zero attached hydrogens (tertiary/aromatic N) is 1. The molecule has 0 bridgehead atoms. The Morgan fingerprint density at radius 3 is 2.50 bits per heavy atom. The number of rotatable bonds is 3. The van der Waals surface area contributed by atoms with Crippen molar-refractivity contribution in [3.63, 3.8) is 0 Å². The quantitative estimate of drug-likeness (QED) is 0.836. The summed E-state index contributed by atoms with van der Waals surface area (Å²) < 4.78 is 5.36. The molecule has 6 heteroatoms. The Morgan fingerprint density at radius 1 is 1.45 bits per heavy atom. The van der Waals surface area contributed by atoms with Crippen molar-refractivity contribution < 1.29 is 9.21 Å². The van der Waals surface area contributed by atoms with E-state index in [1.807, 2.05) is 0 Å². The summed E-state index contributed by atoms with van der Waals surface area (Å²) >= 11 is 5.19. The van der Waals surface area contributed by atoms with E-state index >= 15 is 0 Å². The first-order valence-corrected chi connectivity index (χ1v) is 7.31. The fraction of sp³-hybridized carbons (Fsp3) is 0.643. The SMILES string of the molecule is Cc1nc(C)c(C(=O)NC2(C(N)=S)CCC(C)CC2)o1. The zero-order valence-corrected chi connectivity index (χ0v) is 13.0. The molecular formula is C14H21N3O2S. The maximum absolute atomic E-state index is 12.4. The van der Waals surface area contributed by atoms with Gasteiger partial charge in [0.2, 0.25) is 5.76 Å². The van der Waals surface area contributed by atoms with Crippen LogP contribution in [0.15, 0.2) is 4.42 Å². The first-order chi connectivity index (χ1) is 9.34. The molecule has 1 aromatic heterocycles. The standard InChI is InChI=1S/C14H21N3O2S/c1-8-4-6-14(7-5-8,13(15)20)17-12(18)11-9(2)16-10(3)19-11/h8H,4-7H2,1-3H3,(H2,15,20)(H,17,18). The molecule has 5 nitrogen and oxygen atoms in total. The predicted molar refractivity (Wildman–Crippen MR) is 80.6 cm³/mol. The largest absolute Gasteiger partial charge is 0.436 e. The second-order valence-electron chi connectivity index (χ2n) is 5.73. The van der Waals surface area contributed by atoms with Crippen LogP contribution in [0, 0.1) is 19.8 Å². The second kappa shape index (κ2) is 5.52. The Labute approximate surface area is 124 Å². The van der Waals surface area contributed by atoms with Crippen LogP contribution >= 0.6 is 12.2 Å². The number of thiocarbonyl (C=S) groups is 1. The summed E-state index contributed by atoms with van der Waals surface area (Å²) in [4.78, 5) is 16.8. The highest BCUT2D eigenvalue weighted by molar-refractivity contribution is 7.80. The molecule has 1 amide bonds. The molecule has 1 aliphatic carbocycles. The van der Waals surface area contributed by atoms with Crippen molar-refractivity contribution in [1.82, 2.24) is 10.3 Å². The van der Waals surface area contributed by atoms with Gasteiger partial charge in [0.15, 0.2) is 5.89 Å². The van der Waals surface area contributed by atoms with E-state index in [2.05, 4.69) is 17.2 Å². The van der Waals surface area contributed by atoms with E-state index in [0.717, 1.165) is 25.7 Å². The van der Waals surface area contributed by atoms with Crippen LogP contribution in [0.25, 0.3) is 0 Å². The maximum atomic E-state index is 12.4. The Balaban J connectivity index is 2.19. The number of carbonyl (C=O) groups excluding carboxylic acids is 1. The van der Waals surface area contributed by atoms with Gasteiger partial charge in [-0.1, -0.05) is 19.1 Å². The number of hydrogen-bond acceptors (Lipinski definition) is 4. The third kappa shape index (κ3) is 2.85. The van der Waals surface area contributed by atoms with Gasteiger partial charge in [-0.3, -0.25) is 4.79 Å². The maximum Gasteiger partial charge on any atom is 0.289 e. The molecule has 1 fully saturated rings. The molecule has 3 N–H and O–H groups in total. The minimum absolute atomic E-state index is 0.247. The van der Waals surface area contributed by atoms with E-state index in [-0.39, 0.29) is 11.7 Å². The smallest absolute Gasteiger partial charge is 0.289 e. The van der Waals surface area contributed by atoms with Gasteiger partial charge in [0.25, 0.3) is 5.91 Å². The van der Waals surface area contributed by atoms with E-state index in [9.17, 15) is 4.79 Å². The number of nitrogens with one attached hydrogen (secondary N) is 1. The van der Waals surface area contributed by atoms with Crippen molar-refractivity contribution in [3.8, 4) is 0 Å². The molecule has 2 rings (SSSR count). The summed E-state index contributed by atoms with van der Waals surface area (Å²) in [5, 5.41) is 2.98. The van der Waals surface area contributed by atoms with Crippen LogP contribution in [0.4, 0.5) is 0 Å². The van der Waals surface area contributed by atoms with Gasteiger partial charge >= 0.3 is 0 Å². The number of oxazole rings is 1. The van der Waals surface area contributed by atoms with E-state index in [1.165, 1.54) is 0 Å². The highest BCUT2D eigenvalue weighted by Crippen LogP contribution is 2.32. The number of carbonyl (C=O) groups is 1. The average molecular weight is 295 g/mol. The summed E-state index contributed by atoms with van der Waals surface area (Å²) in [5.74, 6) is 1.08. The third-order valence-electron chi connectivity index (χ3n) is 4.06. The molecule has 1 heterocycles. The lowest BCUT2D eigenvalue weighted by atomic mass is 9.77. The molecule has 0 radical (unpaired) electrons. The number of nitrogens with two attached hydrogens (primary N) is 1. The van der Waals surface area contributed by atoms with E-state index in [1.54, 1.807) is 13.8 Å². The molecule has 20 heavy (non-hydrogen) atoms. The second-order valence-corrected chi connectivity index (χ2v) is 6.17. The van der Waals surface area contributed by atoms with Crippen molar-refractivity contribution in [2.45, 2.75) is 52.0 Å². The van der Waals surface area contributed by atoms with Gasteiger partial charge in [-0.05, 0) is 38.5 Å². The Kier molecular flexibility index (Phi) is 4.13. The number of hydrogen-bond donors (Lipinski definition) is 2. The third-order valence-corrected chi connectivity index (χ3v) is 4.45. The highest BCUT2D eigenvalue weighted by atomic mass is 32.1. The molecule has 110 valence electrons. The van der Waals surface area contributed by atoms with Gasteiger partial charge in [0.1, 0.15) is 0 Å². The van der Waals surface area contributed by atoms with Gasteiger partial charge in [0.05, 0.1) is 16.2 Å². The molecule has 0 aromatic carbocycles. The molecule has 0 saturated heterocycles. The van der Waals surface area contributed by atoms with Gasteiger partial charge in [-0.15, -0.1) is 0 Å². The summed E-state index contributed by atoms with van der Waals surface area (Å²) in [6.07, 6.45) is 3.57. The first-order valence-electron chi connectivity index (χ1n) is 6.90. The molecular weight excluding hydrogens is 274 g/mol. The van der Waals surface area contributed by atoms with Crippen molar-refractivity contribution >= 4 is 23.1 Å². The predicted octanol–water partition coefficient (Wildman–Crippen LogP) is 2.26. The van der Waals surface area contributed by atoms with Gasteiger partial charge in [-0.25, -0.2) is 4.98 Å². The van der Waals surface area contributed by atoms with E-state index in [0.29, 0.717) is 22.5 Å². The van der Waals surface area contributed by atoms with Crippen molar-refractivity contribution in [3.05, 3.63) is 17.3 Å². The van der Waals surface area contributed by atoms with Crippen LogP contribution in [0.2, 0.25) is 0 Å². The summed E-state index contributed by atoms with van der Waals surface area (Å²) in [5.41, 5.74) is 5.88. The summed E-state index contributed by atoms with van der Waals surface area (Å²) in [6.45, 7) is 5.67. The first kappa shape index (κ1) is 15.0. The van der Waals surface area contributed by atoms with Crippen molar-refractivity contribution in [2.24, 2.45) is 11.7 Å². The fourth-order valence-electron chi connectivity index (χ4n) is 2.70. The number of amides is 1. The average Bonchev–Trinajstić information content (AvgIpc) is 2.71. The Bertz CT molecular complexity index is 531. The number of aryl methyl sites for hydroxylation is 2. The molecule has 0 atom stereocenters. The monoisotopic (exact) mass is 295 g/mol. The molecule has 0 spiro atoms. The fourth-order valence-corrected chi connectivity index (χ4v) is 2.96. The minimum Gasteiger partial charge on any atom is -0.436 e. The molecule has 1 aliphatic rings. The zero-order valence-electron chi connectivity index (χ0n) is 12.2. The number of aromatic nitrogens is 1. The minimum atomic E-state index is -0.591. The van der Waals surface area contributed by atoms with Crippen LogP contribution < -0.4 is 11.1 Å². The van der Waals surface area contributed by atoms with Gasteiger partial charge < -0.3 is 15.5 Å². The van der Waals surface area contributed by atoms with Crippen molar-refractivity contribution in [1.29, 1.82) is 0 Å². The zero-order chi connectivity index (χ0) is 14.9. The van der Waals surface area contributed by atoms with E-state index in [4.69, 9.17) is 22.4 Å². The van der Waals surface area contributed by atoms with Gasteiger partial charge in [0, 0.05) is 6.92 Å². The topological polar surface area (TPSA) is 81.2 Å². The Hall–Kier alpha value is -1.43. The lowest BCUT2D eigenvalue weighted by Gasteiger charge is -2.39. The van der Waals surface area contributed by atoms with Crippen LogP contribution in [-0.2, 0) is 0 Å². The highest BCUT2D eigenvalue weighted by Gasteiger charge is 2.39. The van der Waals surface area contributed by atoms with Crippen LogP contribution in [0.5, 0.6) is 0 Å². The summed E-state index contributed by atoms with van der Waals surface area (Å²) in [7, 11) is 0. The van der Waals surface area contributed by atoms with E-state index < -0.39 is 5.54 Å². The lowest BCUT2D eigenvalue weighted by Crippen LogP contribution is -2.58. The molecule has 0 aliphatic heterocycles. The normalized spacial score (nSPS) is 26.2. The lowest BCUT2D eigenvalue weighted by molar-refractivity contribution is 0.0870. The Morgan fingerprint density at radius 2 is 2.05 bits per heavy atom.